The van der Waals surface area contributed by atoms with Crippen molar-refractivity contribution in [2.45, 2.75) is 39.7 Å². The third-order valence-electron chi connectivity index (χ3n) is 3.96. The zero-order valence-electron chi connectivity index (χ0n) is 13.4. The van der Waals surface area contributed by atoms with Crippen LogP contribution in [0.3, 0.4) is 0 Å². The van der Waals surface area contributed by atoms with Crippen LogP contribution in [0, 0.1) is 6.92 Å². The minimum atomic E-state index is 0.0183. The molecule has 0 radical (unpaired) electrons. The Kier molecular flexibility index (Phi) is 5.62. The van der Waals surface area contributed by atoms with E-state index in [1.807, 2.05) is 36.1 Å². The summed E-state index contributed by atoms with van der Waals surface area (Å²) in [5, 5.41) is 2.98. The first-order valence-corrected chi connectivity index (χ1v) is 8.00. The lowest BCUT2D eigenvalue weighted by Gasteiger charge is -2.45. The van der Waals surface area contributed by atoms with Crippen LogP contribution in [0.2, 0.25) is 0 Å². The summed E-state index contributed by atoms with van der Waals surface area (Å²) in [6.45, 7) is 10.4. The van der Waals surface area contributed by atoms with E-state index in [0.717, 1.165) is 37.4 Å². The Bertz CT molecular complexity index is 463. The quantitative estimate of drug-likeness (QED) is 0.872. The van der Waals surface area contributed by atoms with Gasteiger partial charge in [-0.25, -0.2) is 4.79 Å². The van der Waals surface area contributed by atoms with Gasteiger partial charge in [-0.3, -0.25) is 4.90 Å². The summed E-state index contributed by atoms with van der Waals surface area (Å²) in [6.07, 6.45) is 2.35. The average molecular weight is 289 g/mol. The first kappa shape index (κ1) is 15.8. The smallest absolute Gasteiger partial charge is 0.321 e. The number of likely N-dealkylation sites (tertiary alicyclic amines) is 1. The van der Waals surface area contributed by atoms with Crippen LogP contribution < -0.4 is 5.32 Å². The van der Waals surface area contributed by atoms with Crippen LogP contribution >= 0.6 is 0 Å². The maximum atomic E-state index is 12.2. The second-order valence-electron chi connectivity index (χ2n) is 5.89. The molecule has 21 heavy (non-hydrogen) atoms. The number of carbonyl (C=O) groups is 1. The molecule has 1 aromatic rings. The van der Waals surface area contributed by atoms with E-state index < -0.39 is 0 Å². The molecular formula is C17H27N3O. The average Bonchev–Trinajstić information content (AvgIpc) is 2.37. The van der Waals surface area contributed by atoms with Crippen LogP contribution in [0.15, 0.2) is 24.3 Å². The lowest BCUT2D eigenvalue weighted by molar-refractivity contribution is 0.0614. The molecule has 2 amide bonds. The van der Waals surface area contributed by atoms with Gasteiger partial charge in [-0.2, -0.15) is 0 Å². The minimum Gasteiger partial charge on any atom is -0.321 e. The molecule has 0 atom stereocenters. The number of nitrogens with one attached hydrogen (secondary N) is 1. The van der Waals surface area contributed by atoms with E-state index in [2.05, 4.69) is 24.1 Å². The SMILES string of the molecule is CCCN(CCC)C1CN(C(=O)Nc2cccc(C)c2)C1. The van der Waals surface area contributed by atoms with E-state index in [1.54, 1.807) is 0 Å². The van der Waals surface area contributed by atoms with Gasteiger partial charge in [0.05, 0.1) is 0 Å². The van der Waals surface area contributed by atoms with Crippen molar-refractivity contribution in [3.05, 3.63) is 29.8 Å². The molecule has 1 aromatic carbocycles. The van der Waals surface area contributed by atoms with Gasteiger partial charge in [-0.1, -0.05) is 26.0 Å². The van der Waals surface area contributed by atoms with Gasteiger partial charge in [0, 0.05) is 24.8 Å². The fraction of sp³-hybridized carbons (Fsp3) is 0.588. The topological polar surface area (TPSA) is 35.6 Å². The molecule has 0 aromatic heterocycles. The molecule has 0 saturated carbocycles. The van der Waals surface area contributed by atoms with Crippen molar-refractivity contribution in [2.75, 3.05) is 31.5 Å². The minimum absolute atomic E-state index is 0.0183. The highest BCUT2D eigenvalue weighted by Gasteiger charge is 2.34. The predicted molar refractivity (Wildman–Crippen MR) is 87.7 cm³/mol. The van der Waals surface area contributed by atoms with Crippen LogP contribution in [-0.4, -0.2) is 48.1 Å². The van der Waals surface area contributed by atoms with Crippen LogP contribution in [-0.2, 0) is 0 Å². The molecule has 2 rings (SSSR count). The molecule has 0 bridgehead atoms. The number of urea groups is 1. The zero-order chi connectivity index (χ0) is 15.2. The van der Waals surface area contributed by atoms with Gasteiger partial charge in [0.25, 0.3) is 0 Å². The zero-order valence-corrected chi connectivity index (χ0v) is 13.4. The highest BCUT2D eigenvalue weighted by molar-refractivity contribution is 5.90. The van der Waals surface area contributed by atoms with Gasteiger partial charge < -0.3 is 10.2 Å². The number of amides is 2. The van der Waals surface area contributed by atoms with Gasteiger partial charge in [0.2, 0.25) is 0 Å². The van der Waals surface area contributed by atoms with Gasteiger partial charge >= 0.3 is 6.03 Å². The Hall–Kier alpha value is -1.55. The van der Waals surface area contributed by atoms with E-state index in [4.69, 9.17) is 0 Å². The number of aryl methyl sites for hydroxylation is 1. The Morgan fingerprint density at radius 3 is 2.52 bits per heavy atom. The summed E-state index contributed by atoms with van der Waals surface area (Å²) >= 11 is 0. The van der Waals surface area contributed by atoms with Crippen molar-refractivity contribution in [1.29, 1.82) is 0 Å². The molecule has 1 heterocycles. The Labute approximate surface area is 128 Å². The highest BCUT2D eigenvalue weighted by atomic mass is 16.2. The third-order valence-corrected chi connectivity index (χ3v) is 3.96. The molecule has 0 spiro atoms. The number of benzene rings is 1. The molecule has 116 valence electrons. The van der Waals surface area contributed by atoms with E-state index in [9.17, 15) is 4.79 Å². The molecule has 0 unspecified atom stereocenters. The number of anilines is 1. The third kappa shape index (κ3) is 4.21. The van der Waals surface area contributed by atoms with Crippen LogP contribution in [0.4, 0.5) is 10.5 Å². The number of nitrogens with zero attached hydrogens (tertiary/aromatic N) is 2. The fourth-order valence-electron chi connectivity index (χ4n) is 2.83. The van der Waals surface area contributed by atoms with E-state index >= 15 is 0 Å². The lowest BCUT2D eigenvalue weighted by atomic mass is 10.1. The fourth-order valence-corrected chi connectivity index (χ4v) is 2.83. The summed E-state index contributed by atoms with van der Waals surface area (Å²) in [6, 6.07) is 8.48. The Morgan fingerprint density at radius 1 is 1.29 bits per heavy atom. The first-order chi connectivity index (χ1) is 10.1. The summed E-state index contributed by atoms with van der Waals surface area (Å²) in [5.74, 6) is 0. The molecule has 4 heteroatoms. The Balaban J connectivity index is 1.81. The molecule has 1 fully saturated rings. The number of carbonyl (C=O) groups excluding carboxylic acids is 1. The largest absolute Gasteiger partial charge is 0.321 e. The molecular weight excluding hydrogens is 262 g/mol. The summed E-state index contributed by atoms with van der Waals surface area (Å²) in [4.78, 5) is 16.6. The second kappa shape index (κ2) is 7.46. The highest BCUT2D eigenvalue weighted by Crippen LogP contribution is 2.18. The van der Waals surface area contributed by atoms with Gasteiger partial charge in [-0.05, 0) is 50.6 Å². The number of hydrogen-bond donors (Lipinski definition) is 1. The predicted octanol–water partition coefficient (Wildman–Crippen LogP) is 3.33. The van der Waals surface area contributed by atoms with E-state index in [-0.39, 0.29) is 6.03 Å². The second-order valence-corrected chi connectivity index (χ2v) is 5.89. The number of rotatable bonds is 6. The lowest BCUT2D eigenvalue weighted by Crippen LogP contribution is -2.62. The van der Waals surface area contributed by atoms with Crippen molar-refractivity contribution in [1.82, 2.24) is 9.80 Å². The molecule has 1 saturated heterocycles. The van der Waals surface area contributed by atoms with Gasteiger partial charge in [-0.15, -0.1) is 0 Å². The van der Waals surface area contributed by atoms with E-state index in [1.165, 1.54) is 12.8 Å². The van der Waals surface area contributed by atoms with Crippen molar-refractivity contribution in [2.24, 2.45) is 0 Å². The summed E-state index contributed by atoms with van der Waals surface area (Å²) < 4.78 is 0. The van der Waals surface area contributed by atoms with Crippen LogP contribution in [0.25, 0.3) is 0 Å². The van der Waals surface area contributed by atoms with Crippen molar-refractivity contribution in [3.63, 3.8) is 0 Å². The molecule has 1 aliphatic heterocycles. The summed E-state index contributed by atoms with van der Waals surface area (Å²) in [7, 11) is 0. The maximum absolute atomic E-state index is 12.2. The molecule has 0 aliphatic carbocycles. The Morgan fingerprint density at radius 2 is 1.95 bits per heavy atom. The maximum Gasteiger partial charge on any atom is 0.321 e. The first-order valence-electron chi connectivity index (χ1n) is 8.00. The van der Waals surface area contributed by atoms with Crippen LogP contribution in [0.1, 0.15) is 32.3 Å². The summed E-state index contributed by atoms with van der Waals surface area (Å²) in [5.41, 5.74) is 2.04. The van der Waals surface area contributed by atoms with Crippen molar-refractivity contribution < 1.29 is 4.79 Å². The standard InChI is InChI=1S/C17H27N3O/c1-4-9-19(10-5-2)16-12-20(13-16)17(21)18-15-8-6-7-14(3)11-15/h6-8,11,16H,4-5,9-10,12-13H2,1-3H3,(H,18,21). The normalized spacial score (nSPS) is 15.1. The van der Waals surface area contributed by atoms with Crippen molar-refractivity contribution in [3.8, 4) is 0 Å². The van der Waals surface area contributed by atoms with Gasteiger partial charge in [0.1, 0.15) is 0 Å². The van der Waals surface area contributed by atoms with Crippen molar-refractivity contribution >= 4 is 11.7 Å². The molecule has 4 nitrogen and oxygen atoms in total. The number of hydrogen-bond acceptors (Lipinski definition) is 2. The van der Waals surface area contributed by atoms with Crippen LogP contribution in [0.5, 0.6) is 0 Å². The van der Waals surface area contributed by atoms with Gasteiger partial charge in [0.15, 0.2) is 0 Å². The molecule has 1 N–H and O–H groups in total. The molecule has 1 aliphatic rings. The van der Waals surface area contributed by atoms with E-state index in [0.29, 0.717) is 6.04 Å². The monoisotopic (exact) mass is 289 g/mol.